The number of carbonyl (C=O) groups is 10. The first-order valence-corrected chi connectivity index (χ1v) is 32.1. The number of hydrogen-bond donors (Lipinski definition) is 14. The fourth-order valence-electron chi connectivity index (χ4n) is 9.62. The molecule has 31 nitrogen and oxygen atoms in total. The van der Waals surface area contributed by atoms with Crippen LogP contribution in [0.3, 0.4) is 0 Å². The number of esters is 1. The molecule has 0 bridgehead atoms. The van der Waals surface area contributed by atoms with Gasteiger partial charge < -0.3 is 100 Å². The van der Waals surface area contributed by atoms with Crippen LogP contribution < -0.4 is 71.6 Å². The van der Waals surface area contributed by atoms with E-state index < -0.39 is 90.1 Å². The average Bonchev–Trinajstić information content (AvgIpc) is 1.46. The van der Waals surface area contributed by atoms with E-state index in [0.29, 0.717) is 56.2 Å². The summed E-state index contributed by atoms with van der Waals surface area (Å²) in [4.78, 5) is 142. The number of nitrogens with one attached hydrogen (secondary N) is 8. The van der Waals surface area contributed by atoms with Crippen LogP contribution in [0, 0.1) is 0 Å². The SMILES string of the molecule is NCCCCC(NC(=O)CCOCCOCCNC(=O)CCCc1c[nH]c2ccccc12)C(=O)NC(CCCN=C(N)N)C(=O)NC(CCCN=C(N)N)C(=O)NCCOCCOCCC(=O)NC(CCC(=O)O[C@@H](C=O)[C@@H](NC(=O)c1ccccc1)c1ccccc1)C(N)=O. The molecule has 8 amide bonds. The van der Waals surface area contributed by atoms with Crippen molar-refractivity contribution in [1.82, 2.24) is 42.2 Å². The average molecular weight is 1340 g/mol. The Morgan fingerprint density at radius 1 is 0.500 bits per heavy atom. The van der Waals surface area contributed by atoms with Crippen LogP contribution in [0.25, 0.3) is 10.9 Å². The van der Waals surface area contributed by atoms with E-state index in [0.717, 1.165) is 17.3 Å². The minimum Gasteiger partial charge on any atom is -0.452 e. The molecular formula is C65H96N16O15. The minimum absolute atomic E-state index is 0.00468. The topological polar surface area (TPSA) is 498 Å². The highest BCUT2D eigenvalue weighted by Gasteiger charge is 2.32. The quantitative estimate of drug-likeness (QED) is 0.00854. The number of guanidine groups is 2. The van der Waals surface area contributed by atoms with E-state index in [1.807, 2.05) is 24.4 Å². The predicted octanol–water partition coefficient (Wildman–Crippen LogP) is -0.708. The lowest BCUT2D eigenvalue weighted by Gasteiger charge is -2.25. The number of aryl methyl sites for hydroxylation is 1. The number of H-pyrrole nitrogens is 1. The molecule has 0 spiro atoms. The van der Waals surface area contributed by atoms with Gasteiger partial charge in [0.05, 0.1) is 58.9 Å². The number of unbranched alkanes of at least 4 members (excludes halogenated alkanes) is 1. The number of aldehydes is 1. The van der Waals surface area contributed by atoms with Crippen molar-refractivity contribution in [1.29, 1.82) is 0 Å². The molecule has 3 aromatic carbocycles. The molecule has 0 aliphatic rings. The summed E-state index contributed by atoms with van der Waals surface area (Å²) < 4.78 is 27.8. The lowest BCUT2D eigenvalue weighted by Crippen LogP contribution is -2.57. The van der Waals surface area contributed by atoms with Gasteiger partial charge in [0.15, 0.2) is 24.3 Å². The molecule has 6 atom stereocenters. The van der Waals surface area contributed by atoms with Crippen LogP contribution in [0.2, 0.25) is 0 Å². The first-order chi connectivity index (χ1) is 46.4. The molecule has 4 aromatic rings. The highest BCUT2D eigenvalue weighted by molar-refractivity contribution is 5.96. The van der Waals surface area contributed by atoms with Gasteiger partial charge in [-0.1, -0.05) is 66.7 Å². The smallest absolute Gasteiger partial charge is 0.306 e. The highest BCUT2D eigenvalue weighted by atomic mass is 16.5. The van der Waals surface area contributed by atoms with Gasteiger partial charge in [-0.25, -0.2) is 0 Å². The molecule has 0 saturated carbocycles. The first kappa shape index (κ1) is 78.9. The van der Waals surface area contributed by atoms with E-state index in [4.69, 9.17) is 58.1 Å². The number of aromatic amines is 1. The van der Waals surface area contributed by atoms with Gasteiger partial charge in [-0.15, -0.1) is 0 Å². The molecule has 20 N–H and O–H groups in total. The van der Waals surface area contributed by atoms with Crippen LogP contribution in [0.1, 0.15) is 111 Å². The number of ether oxygens (including phenoxy) is 5. The molecule has 0 fully saturated rings. The van der Waals surface area contributed by atoms with Crippen molar-refractivity contribution < 1.29 is 71.6 Å². The summed E-state index contributed by atoms with van der Waals surface area (Å²) in [5.74, 6) is -5.79. The Balaban J connectivity index is 1.18. The van der Waals surface area contributed by atoms with E-state index in [1.54, 1.807) is 60.7 Å². The van der Waals surface area contributed by atoms with Crippen LogP contribution in [-0.2, 0) is 73.3 Å². The Hall–Kier alpha value is -9.56. The number of para-hydroxylation sites is 1. The summed E-state index contributed by atoms with van der Waals surface area (Å²) in [6, 6.07) is 19.0. The number of amides is 8. The molecule has 4 rings (SSSR count). The number of aromatic nitrogens is 1. The third kappa shape index (κ3) is 32.5. The van der Waals surface area contributed by atoms with Gasteiger partial charge in [-0.2, -0.15) is 0 Å². The van der Waals surface area contributed by atoms with Gasteiger partial charge in [0.1, 0.15) is 24.2 Å². The first-order valence-electron chi connectivity index (χ1n) is 32.1. The van der Waals surface area contributed by atoms with Crippen molar-refractivity contribution in [2.45, 2.75) is 126 Å². The zero-order valence-electron chi connectivity index (χ0n) is 54.3. The van der Waals surface area contributed by atoms with Crippen molar-refractivity contribution in [3.8, 4) is 0 Å². The third-order valence-electron chi connectivity index (χ3n) is 14.6. The normalized spacial score (nSPS) is 12.8. The number of nitrogens with two attached hydrogens (primary N) is 6. The van der Waals surface area contributed by atoms with E-state index >= 15 is 0 Å². The molecule has 1 aromatic heterocycles. The lowest BCUT2D eigenvalue weighted by molar-refractivity contribution is -0.153. The third-order valence-corrected chi connectivity index (χ3v) is 14.6. The van der Waals surface area contributed by atoms with E-state index in [2.05, 4.69) is 58.3 Å². The van der Waals surface area contributed by atoms with Gasteiger partial charge in [-0.05, 0) is 100 Å². The Morgan fingerprint density at radius 2 is 1.02 bits per heavy atom. The second kappa shape index (κ2) is 46.5. The lowest BCUT2D eigenvalue weighted by atomic mass is 10.0. The van der Waals surface area contributed by atoms with Crippen LogP contribution in [0.5, 0.6) is 0 Å². The second-order valence-corrected chi connectivity index (χ2v) is 22.1. The maximum absolute atomic E-state index is 14.1. The molecule has 31 heteroatoms. The number of carbonyl (C=O) groups excluding carboxylic acids is 10. The van der Waals surface area contributed by atoms with E-state index in [1.165, 1.54) is 5.56 Å². The number of benzene rings is 3. The number of fused-ring (bicyclic) bond motifs is 1. The van der Waals surface area contributed by atoms with Gasteiger partial charge in [0.2, 0.25) is 41.4 Å². The largest absolute Gasteiger partial charge is 0.452 e. The monoisotopic (exact) mass is 1340 g/mol. The van der Waals surface area contributed by atoms with Crippen molar-refractivity contribution in [3.63, 3.8) is 0 Å². The van der Waals surface area contributed by atoms with Crippen LogP contribution >= 0.6 is 0 Å². The fourth-order valence-corrected chi connectivity index (χ4v) is 9.62. The maximum atomic E-state index is 14.1. The second-order valence-electron chi connectivity index (χ2n) is 22.1. The highest BCUT2D eigenvalue weighted by Crippen LogP contribution is 2.22. The molecule has 0 saturated heterocycles. The van der Waals surface area contributed by atoms with Crippen LogP contribution in [0.15, 0.2) is 101 Å². The van der Waals surface area contributed by atoms with Crippen molar-refractivity contribution in [2.75, 3.05) is 85.6 Å². The Kier molecular flexibility index (Phi) is 38.2. The van der Waals surface area contributed by atoms with Crippen molar-refractivity contribution >= 4 is 82.3 Å². The minimum atomic E-state index is -1.44. The Bertz CT molecular complexity index is 3090. The van der Waals surface area contributed by atoms with E-state index in [-0.39, 0.29) is 142 Å². The summed E-state index contributed by atoms with van der Waals surface area (Å²) in [5.41, 5.74) is 36.4. The van der Waals surface area contributed by atoms with E-state index in [9.17, 15) is 47.9 Å². The van der Waals surface area contributed by atoms with Gasteiger partial charge >= 0.3 is 5.97 Å². The summed E-state index contributed by atoms with van der Waals surface area (Å²) in [7, 11) is 0. The Morgan fingerprint density at radius 3 is 1.59 bits per heavy atom. The molecule has 1 heterocycles. The Labute approximate surface area is 558 Å². The zero-order chi connectivity index (χ0) is 69.7. The van der Waals surface area contributed by atoms with Gasteiger partial charge in [0.25, 0.3) is 5.91 Å². The van der Waals surface area contributed by atoms with Crippen molar-refractivity contribution in [3.05, 3.63) is 108 Å². The number of hydrogen-bond acceptors (Lipinski definition) is 18. The fraction of sp³-hybridized carbons (Fsp3) is 0.508. The van der Waals surface area contributed by atoms with Crippen LogP contribution in [0.4, 0.5) is 0 Å². The molecule has 96 heavy (non-hydrogen) atoms. The molecule has 4 unspecified atom stereocenters. The molecule has 0 radical (unpaired) electrons. The molecule has 526 valence electrons. The standard InChI is InChI=1S/C65H96N16O15/c66-29-10-9-21-51(78-56(85)28-35-93-38-40-94-36-32-72-54(83)24-11-18-46-42-76-48-20-8-7-19-47(46)48)62(90)80-52(23-13-31-75-65(70)71)63(91)79-50(22-12-30-74-64(68)69)61(89)73-33-37-95-41-39-92-34-27-55(84)77-49(59(67)87)25-26-57(86)96-53(43-82)58(44-14-3-1-4-15-44)81-60(88)45-16-5-2-6-17-45/h1-8,14-17,19-20,42-43,49-53,58,76H,9-13,18,21-41,66H2,(H2,67,87)(H,72,83)(H,73,89)(H,77,84)(H,78,85)(H,79,91)(H,80,90)(H,81,88)(H4,68,69,74)(H4,70,71,75)/t49?,50?,51?,52?,53-,58-/m0/s1. The molecule has 0 aliphatic heterocycles. The summed E-state index contributed by atoms with van der Waals surface area (Å²) in [6.07, 6.45) is 3.65. The number of aliphatic imine (C=N–C) groups is 2. The van der Waals surface area contributed by atoms with Gasteiger partial charge in [-0.3, -0.25) is 57.9 Å². The summed E-state index contributed by atoms with van der Waals surface area (Å²) in [6.45, 7) is 1.59. The van der Waals surface area contributed by atoms with Crippen LogP contribution in [-0.4, -0.2) is 192 Å². The molecule has 0 aliphatic carbocycles. The number of nitrogens with zero attached hydrogens (tertiary/aromatic N) is 2. The predicted molar refractivity (Wildman–Crippen MR) is 358 cm³/mol. The van der Waals surface area contributed by atoms with Crippen molar-refractivity contribution in [2.24, 2.45) is 44.4 Å². The zero-order valence-corrected chi connectivity index (χ0v) is 54.3. The van der Waals surface area contributed by atoms with Gasteiger partial charge in [0, 0.05) is 74.5 Å². The maximum Gasteiger partial charge on any atom is 0.306 e. The summed E-state index contributed by atoms with van der Waals surface area (Å²) >= 11 is 0. The number of primary amides is 1. The number of rotatable bonds is 51. The summed E-state index contributed by atoms with van der Waals surface area (Å²) in [5, 5.41) is 20.2. The molecular weight excluding hydrogens is 1240 g/mol.